The first-order chi connectivity index (χ1) is 9.54. The average Bonchev–Trinajstić information content (AvgIpc) is 2.86. The number of amides is 3. The van der Waals surface area contributed by atoms with Gasteiger partial charge in [0.2, 0.25) is 5.91 Å². The minimum absolute atomic E-state index is 0.0101. The van der Waals surface area contributed by atoms with Crippen LogP contribution in [-0.4, -0.2) is 42.5 Å². The molecule has 1 aliphatic heterocycles. The molecule has 0 bridgehead atoms. The highest BCUT2D eigenvalue weighted by molar-refractivity contribution is 5.78. The Morgan fingerprint density at radius 2 is 2.40 bits per heavy atom. The monoisotopic (exact) mass is 279 g/mol. The van der Waals surface area contributed by atoms with E-state index in [1.165, 1.54) is 0 Å². The smallest absolute Gasteiger partial charge is 0.315 e. The molecule has 1 saturated heterocycles. The number of carbonyl (C=O) groups is 2. The summed E-state index contributed by atoms with van der Waals surface area (Å²) >= 11 is 0. The molecule has 20 heavy (non-hydrogen) atoms. The zero-order valence-corrected chi connectivity index (χ0v) is 11.9. The van der Waals surface area contributed by atoms with Gasteiger partial charge in [-0.1, -0.05) is 0 Å². The maximum atomic E-state index is 11.9. The lowest BCUT2D eigenvalue weighted by atomic mass is 10.1. The summed E-state index contributed by atoms with van der Waals surface area (Å²) in [5.41, 5.74) is 0. The molecule has 2 rings (SSSR count). The third-order valence-electron chi connectivity index (χ3n) is 3.43. The summed E-state index contributed by atoms with van der Waals surface area (Å²) in [6.07, 6.45) is 3.47. The molecule has 1 aromatic heterocycles. The third kappa shape index (κ3) is 4.01. The normalized spacial score (nSPS) is 20.6. The molecule has 2 N–H and O–H groups in total. The lowest BCUT2D eigenvalue weighted by Gasteiger charge is -2.30. The molecule has 1 aromatic rings. The van der Waals surface area contributed by atoms with E-state index in [-0.39, 0.29) is 24.0 Å². The van der Waals surface area contributed by atoms with Gasteiger partial charge in [-0.15, -0.1) is 0 Å². The van der Waals surface area contributed by atoms with Gasteiger partial charge in [0.15, 0.2) is 0 Å². The second-order valence-corrected chi connectivity index (χ2v) is 5.31. The Morgan fingerprint density at radius 1 is 1.60 bits per heavy atom. The number of urea groups is 1. The number of nitrogens with zero attached hydrogens (tertiary/aromatic N) is 1. The van der Waals surface area contributed by atoms with Gasteiger partial charge in [-0.05, 0) is 25.5 Å². The predicted octanol–water partition coefficient (Wildman–Crippen LogP) is 1.13. The lowest BCUT2D eigenvalue weighted by Crippen LogP contribution is -2.52. The van der Waals surface area contributed by atoms with Gasteiger partial charge in [-0.3, -0.25) is 4.79 Å². The summed E-state index contributed by atoms with van der Waals surface area (Å²) in [7, 11) is 1.76. The number of nitrogens with one attached hydrogen (secondary N) is 2. The van der Waals surface area contributed by atoms with Crippen molar-refractivity contribution in [3.05, 3.63) is 24.2 Å². The molecule has 0 spiro atoms. The number of hydrogen-bond acceptors (Lipinski definition) is 3. The van der Waals surface area contributed by atoms with Gasteiger partial charge in [0.1, 0.15) is 5.76 Å². The molecule has 2 heterocycles. The first-order valence-electron chi connectivity index (χ1n) is 6.88. The van der Waals surface area contributed by atoms with Crippen LogP contribution >= 0.6 is 0 Å². The third-order valence-corrected chi connectivity index (χ3v) is 3.43. The molecule has 0 saturated carbocycles. The van der Waals surface area contributed by atoms with Gasteiger partial charge in [-0.2, -0.15) is 0 Å². The number of hydrogen-bond donors (Lipinski definition) is 2. The molecule has 0 aromatic carbocycles. The van der Waals surface area contributed by atoms with Gasteiger partial charge in [-0.25, -0.2) is 4.79 Å². The first-order valence-corrected chi connectivity index (χ1v) is 6.88. The molecular formula is C14H21N3O3. The van der Waals surface area contributed by atoms with Crippen LogP contribution in [-0.2, 0) is 11.2 Å². The number of likely N-dealkylation sites (N-methyl/N-ethyl adjacent to an activating group) is 1. The van der Waals surface area contributed by atoms with Crippen LogP contribution in [0.5, 0.6) is 0 Å². The maximum absolute atomic E-state index is 11.9. The Hall–Kier alpha value is -1.98. The van der Waals surface area contributed by atoms with Crippen molar-refractivity contribution in [2.45, 2.75) is 38.3 Å². The number of rotatable bonds is 4. The highest BCUT2D eigenvalue weighted by Crippen LogP contribution is 2.09. The summed E-state index contributed by atoms with van der Waals surface area (Å²) in [6.45, 7) is 2.50. The molecule has 0 aliphatic carbocycles. The number of furan rings is 1. The summed E-state index contributed by atoms with van der Waals surface area (Å²) in [5.74, 6) is 0.982. The first kappa shape index (κ1) is 14.4. The van der Waals surface area contributed by atoms with E-state index in [4.69, 9.17) is 4.42 Å². The van der Waals surface area contributed by atoms with Crippen molar-refractivity contribution in [1.29, 1.82) is 0 Å². The lowest BCUT2D eigenvalue weighted by molar-refractivity contribution is -0.132. The van der Waals surface area contributed by atoms with Crippen LogP contribution in [0, 0.1) is 0 Å². The summed E-state index contributed by atoms with van der Waals surface area (Å²) in [5, 5.41) is 5.78. The molecule has 2 atom stereocenters. The Balaban J connectivity index is 1.73. The second-order valence-electron chi connectivity index (χ2n) is 5.31. The Morgan fingerprint density at radius 3 is 3.05 bits per heavy atom. The quantitative estimate of drug-likeness (QED) is 0.867. The molecule has 3 amide bonds. The van der Waals surface area contributed by atoms with E-state index in [9.17, 15) is 9.59 Å². The fourth-order valence-electron chi connectivity index (χ4n) is 2.36. The van der Waals surface area contributed by atoms with Gasteiger partial charge in [0.05, 0.1) is 6.26 Å². The number of likely N-dealkylation sites (tertiary alicyclic amines) is 1. The van der Waals surface area contributed by atoms with Crippen LogP contribution < -0.4 is 10.6 Å². The van der Waals surface area contributed by atoms with Gasteiger partial charge >= 0.3 is 6.03 Å². The minimum Gasteiger partial charge on any atom is -0.469 e. The highest BCUT2D eigenvalue weighted by Gasteiger charge is 2.24. The standard InChI is InChI=1S/C14H21N3O3/c1-10(8-12-4-3-7-20-12)15-14(19)16-11-5-6-13(18)17(2)9-11/h3-4,7,10-11H,5-6,8-9H2,1-2H3,(H2,15,16,19)/t10-,11-/m1/s1. The molecule has 110 valence electrons. The number of piperidine rings is 1. The van der Waals surface area contributed by atoms with Crippen LogP contribution in [0.1, 0.15) is 25.5 Å². The topological polar surface area (TPSA) is 74.6 Å². The molecule has 6 nitrogen and oxygen atoms in total. The molecule has 0 radical (unpaired) electrons. The molecule has 6 heteroatoms. The SMILES string of the molecule is C[C@H](Cc1ccco1)NC(=O)N[C@@H]1CCC(=O)N(C)C1. The van der Waals surface area contributed by atoms with Crippen LogP contribution in [0.4, 0.5) is 4.79 Å². The van der Waals surface area contributed by atoms with Crippen molar-refractivity contribution in [3.8, 4) is 0 Å². The van der Waals surface area contributed by atoms with Crippen LogP contribution in [0.2, 0.25) is 0 Å². The van der Waals surface area contributed by atoms with Crippen LogP contribution in [0.15, 0.2) is 22.8 Å². The van der Waals surface area contributed by atoms with E-state index < -0.39 is 0 Å². The zero-order chi connectivity index (χ0) is 14.5. The zero-order valence-electron chi connectivity index (χ0n) is 11.9. The fraction of sp³-hybridized carbons (Fsp3) is 0.571. The second kappa shape index (κ2) is 6.45. The molecular weight excluding hydrogens is 258 g/mol. The predicted molar refractivity (Wildman–Crippen MR) is 74.2 cm³/mol. The number of carbonyl (C=O) groups excluding carboxylic acids is 2. The van der Waals surface area contributed by atoms with E-state index >= 15 is 0 Å². The maximum Gasteiger partial charge on any atom is 0.315 e. The molecule has 1 aliphatic rings. The van der Waals surface area contributed by atoms with E-state index in [1.54, 1.807) is 18.2 Å². The minimum atomic E-state index is -0.197. The van der Waals surface area contributed by atoms with Crippen molar-refractivity contribution in [2.24, 2.45) is 0 Å². The van der Waals surface area contributed by atoms with Gasteiger partial charge in [0.25, 0.3) is 0 Å². The summed E-state index contributed by atoms with van der Waals surface area (Å²) in [4.78, 5) is 24.9. The largest absolute Gasteiger partial charge is 0.469 e. The van der Waals surface area contributed by atoms with E-state index in [0.717, 1.165) is 5.76 Å². The van der Waals surface area contributed by atoms with Crippen molar-refractivity contribution in [2.75, 3.05) is 13.6 Å². The summed E-state index contributed by atoms with van der Waals surface area (Å²) < 4.78 is 5.25. The van der Waals surface area contributed by atoms with Crippen LogP contribution in [0.25, 0.3) is 0 Å². The van der Waals surface area contributed by atoms with Crippen molar-refractivity contribution in [3.63, 3.8) is 0 Å². The highest BCUT2D eigenvalue weighted by atomic mass is 16.3. The van der Waals surface area contributed by atoms with Crippen molar-refractivity contribution in [1.82, 2.24) is 15.5 Å². The van der Waals surface area contributed by atoms with Crippen molar-refractivity contribution >= 4 is 11.9 Å². The average molecular weight is 279 g/mol. The molecule has 1 fully saturated rings. The van der Waals surface area contributed by atoms with Gasteiger partial charge in [0, 0.05) is 38.5 Å². The Bertz CT molecular complexity index is 458. The van der Waals surface area contributed by atoms with Gasteiger partial charge < -0.3 is 20.0 Å². The Kier molecular flexibility index (Phi) is 4.65. The van der Waals surface area contributed by atoms with Crippen LogP contribution in [0.3, 0.4) is 0 Å². The van der Waals surface area contributed by atoms with E-state index in [1.807, 2.05) is 19.1 Å². The Labute approximate surface area is 118 Å². The fourth-order valence-corrected chi connectivity index (χ4v) is 2.36. The molecule has 0 unspecified atom stereocenters. The van der Waals surface area contributed by atoms with E-state index in [2.05, 4.69) is 10.6 Å². The van der Waals surface area contributed by atoms with Crippen molar-refractivity contribution < 1.29 is 14.0 Å². The van der Waals surface area contributed by atoms with E-state index in [0.29, 0.717) is 25.8 Å². The summed E-state index contributed by atoms with van der Waals surface area (Å²) in [6, 6.07) is 3.53.